The fraction of sp³-hybridized carbons (Fsp3) is 0.154. The van der Waals surface area contributed by atoms with Crippen molar-refractivity contribution in [3.05, 3.63) is 41.0 Å². The molecule has 3 aromatic rings. The summed E-state index contributed by atoms with van der Waals surface area (Å²) in [7, 11) is 0. The number of nitrogens with zero attached hydrogens (tertiary/aromatic N) is 2. The van der Waals surface area contributed by atoms with Crippen molar-refractivity contribution in [3.63, 3.8) is 0 Å². The summed E-state index contributed by atoms with van der Waals surface area (Å²) in [6.07, 6.45) is -2.83. The van der Waals surface area contributed by atoms with E-state index in [-0.39, 0.29) is 11.6 Å². The lowest BCUT2D eigenvalue weighted by atomic mass is 10.1. The molecule has 0 aliphatic rings. The molecule has 0 aliphatic carbocycles. The Morgan fingerprint density at radius 1 is 1.27 bits per heavy atom. The van der Waals surface area contributed by atoms with Gasteiger partial charge in [-0.2, -0.15) is 13.2 Å². The zero-order valence-electron chi connectivity index (χ0n) is 10.9. The van der Waals surface area contributed by atoms with E-state index in [0.717, 1.165) is 16.5 Å². The standard InChI is InChI=1S/C13H9F3N4OS/c14-13(15,16)11-19-20-12(22-11)18-10(21)5-7-6-17-9-4-2-1-3-8(7)9/h1-4,6,17H,5H2,(H,18,20,21). The van der Waals surface area contributed by atoms with Crippen molar-refractivity contribution < 1.29 is 18.0 Å². The minimum absolute atomic E-state index is 0.0327. The molecular formula is C13H9F3N4OS. The van der Waals surface area contributed by atoms with Crippen LogP contribution in [0.2, 0.25) is 0 Å². The molecule has 2 N–H and O–H groups in total. The van der Waals surface area contributed by atoms with E-state index in [9.17, 15) is 18.0 Å². The molecule has 1 amide bonds. The highest BCUT2D eigenvalue weighted by Crippen LogP contribution is 2.33. The van der Waals surface area contributed by atoms with Gasteiger partial charge in [-0.15, -0.1) is 10.2 Å². The maximum absolute atomic E-state index is 12.4. The van der Waals surface area contributed by atoms with Crippen LogP contribution >= 0.6 is 11.3 Å². The first-order valence-corrected chi connectivity index (χ1v) is 7.00. The molecule has 0 radical (unpaired) electrons. The topological polar surface area (TPSA) is 70.7 Å². The highest BCUT2D eigenvalue weighted by molar-refractivity contribution is 7.15. The van der Waals surface area contributed by atoms with Crippen molar-refractivity contribution >= 4 is 33.3 Å². The molecular weight excluding hydrogens is 317 g/mol. The molecule has 0 saturated carbocycles. The van der Waals surface area contributed by atoms with Crippen molar-refractivity contribution in [1.29, 1.82) is 0 Å². The summed E-state index contributed by atoms with van der Waals surface area (Å²) in [5.74, 6) is -0.449. The smallest absolute Gasteiger partial charge is 0.361 e. The molecule has 2 aromatic heterocycles. The Hall–Kier alpha value is -2.42. The number of alkyl halides is 3. The third kappa shape index (κ3) is 2.93. The van der Waals surface area contributed by atoms with Crippen molar-refractivity contribution in [2.24, 2.45) is 0 Å². The number of carbonyl (C=O) groups excluding carboxylic acids is 1. The summed E-state index contributed by atoms with van der Waals surface area (Å²) in [6, 6.07) is 7.44. The number of aromatic nitrogens is 3. The molecule has 114 valence electrons. The van der Waals surface area contributed by atoms with E-state index in [1.54, 1.807) is 6.20 Å². The lowest BCUT2D eigenvalue weighted by Crippen LogP contribution is -2.14. The molecule has 0 unspecified atom stereocenters. The Morgan fingerprint density at radius 2 is 2.05 bits per heavy atom. The lowest BCUT2D eigenvalue weighted by Gasteiger charge is -2.00. The summed E-state index contributed by atoms with van der Waals surface area (Å²) in [4.78, 5) is 14.9. The third-order valence-corrected chi connectivity index (χ3v) is 3.82. The predicted octanol–water partition coefficient (Wildman–Crippen LogP) is 3.22. The molecule has 2 heterocycles. The van der Waals surface area contributed by atoms with Gasteiger partial charge in [0.25, 0.3) is 0 Å². The van der Waals surface area contributed by atoms with Gasteiger partial charge in [-0.1, -0.05) is 29.5 Å². The number of fused-ring (bicyclic) bond motifs is 1. The number of halogens is 3. The van der Waals surface area contributed by atoms with E-state index in [1.807, 2.05) is 24.3 Å². The number of aromatic amines is 1. The van der Waals surface area contributed by atoms with Crippen LogP contribution in [-0.2, 0) is 17.4 Å². The van der Waals surface area contributed by atoms with Crippen LogP contribution in [0.5, 0.6) is 0 Å². The number of nitrogens with one attached hydrogen (secondary N) is 2. The number of amides is 1. The number of para-hydroxylation sites is 1. The Bertz CT molecular complexity index is 824. The van der Waals surface area contributed by atoms with E-state index in [2.05, 4.69) is 20.5 Å². The first-order chi connectivity index (χ1) is 10.4. The van der Waals surface area contributed by atoms with Gasteiger partial charge in [-0.3, -0.25) is 4.79 Å². The first-order valence-electron chi connectivity index (χ1n) is 6.19. The molecule has 9 heteroatoms. The molecule has 1 aromatic carbocycles. The molecule has 0 atom stereocenters. The van der Waals surface area contributed by atoms with Gasteiger partial charge in [0.05, 0.1) is 6.42 Å². The maximum Gasteiger partial charge on any atom is 0.445 e. The van der Waals surface area contributed by atoms with E-state index in [0.29, 0.717) is 11.3 Å². The number of H-pyrrole nitrogens is 1. The van der Waals surface area contributed by atoms with Crippen molar-refractivity contribution in [1.82, 2.24) is 15.2 Å². The summed E-state index contributed by atoms with van der Waals surface area (Å²) < 4.78 is 37.2. The fourth-order valence-corrected chi connectivity index (χ4v) is 2.63. The van der Waals surface area contributed by atoms with Crippen LogP contribution in [0.15, 0.2) is 30.5 Å². The van der Waals surface area contributed by atoms with Gasteiger partial charge in [-0.25, -0.2) is 0 Å². The molecule has 5 nitrogen and oxygen atoms in total. The fourth-order valence-electron chi connectivity index (χ4n) is 2.00. The third-order valence-electron chi connectivity index (χ3n) is 2.94. The number of hydrogen-bond acceptors (Lipinski definition) is 4. The second-order valence-corrected chi connectivity index (χ2v) is 5.47. The van der Waals surface area contributed by atoms with Crippen molar-refractivity contribution in [3.8, 4) is 0 Å². The van der Waals surface area contributed by atoms with Crippen LogP contribution in [-0.4, -0.2) is 21.1 Å². The number of anilines is 1. The number of hydrogen-bond donors (Lipinski definition) is 2. The summed E-state index contributed by atoms with van der Waals surface area (Å²) >= 11 is 0.297. The normalized spacial score (nSPS) is 11.8. The second-order valence-electron chi connectivity index (χ2n) is 4.49. The summed E-state index contributed by atoms with van der Waals surface area (Å²) in [6.45, 7) is 0. The SMILES string of the molecule is O=C(Cc1c[nH]c2ccccc12)Nc1nnc(C(F)(F)F)s1. The van der Waals surface area contributed by atoms with Crippen molar-refractivity contribution in [2.45, 2.75) is 12.6 Å². The van der Waals surface area contributed by atoms with Gasteiger partial charge in [0, 0.05) is 17.1 Å². The average Bonchev–Trinajstić information content (AvgIpc) is 3.06. The van der Waals surface area contributed by atoms with Gasteiger partial charge in [0.2, 0.25) is 16.0 Å². The van der Waals surface area contributed by atoms with Crippen LogP contribution in [0.4, 0.5) is 18.3 Å². The maximum atomic E-state index is 12.4. The zero-order valence-corrected chi connectivity index (χ0v) is 11.8. The van der Waals surface area contributed by atoms with Crippen LogP contribution in [0, 0.1) is 0 Å². The highest BCUT2D eigenvalue weighted by atomic mass is 32.1. The zero-order chi connectivity index (χ0) is 15.7. The van der Waals surface area contributed by atoms with Gasteiger partial charge < -0.3 is 10.3 Å². The first kappa shape index (κ1) is 14.5. The van der Waals surface area contributed by atoms with Gasteiger partial charge in [-0.05, 0) is 11.6 Å². The minimum Gasteiger partial charge on any atom is -0.361 e. The Balaban J connectivity index is 1.71. The van der Waals surface area contributed by atoms with E-state index in [1.165, 1.54) is 0 Å². The molecule has 0 fully saturated rings. The predicted molar refractivity (Wildman–Crippen MR) is 75.5 cm³/mol. The number of rotatable bonds is 3. The molecule has 3 rings (SSSR count). The molecule has 0 bridgehead atoms. The molecule has 0 aliphatic heterocycles. The number of carbonyl (C=O) groups is 1. The van der Waals surface area contributed by atoms with Gasteiger partial charge in [0.15, 0.2) is 0 Å². The molecule has 22 heavy (non-hydrogen) atoms. The average molecular weight is 326 g/mol. The van der Waals surface area contributed by atoms with E-state index in [4.69, 9.17) is 0 Å². The van der Waals surface area contributed by atoms with E-state index < -0.39 is 17.1 Å². The quantitative estimate of drug-likeness (QED) is 0.776. The van der Waals surface area contributed by atoms with Crippen LogP contribution in [0.1, 0.15) is 10.6 Å². The summed E-state index contributed by atoms with van der Waals surface area (Å²) in [5, 5.41) is 8.30. The largest absolute Gasteiger partial charge is 0.445 e. The van der Waals surface area contributed by atoms with Crippen LogP contribution in [0.25, 0.3) is 10.9 Å². The monoisotopic (exact) mass is 326 g/mol. The van der Waals surface area contributed by atoms with Crippen molar-refractivity contribution in [2.75, 3.05) is 5.32 Å². The number of benzene rings is 1. The lowest BCUT2D eigenvalue weighted by molar-refractivity contribution is -0.138. The van der Waals surface area contributed by atoms with Crippen LogP contribution in [0.3, 0.4) is 0 Å². The molecule has 0 saturated heterocycles. The second kappa shape index (κ2) is 5.41. The van der Waals surface area contributed by atoms with Gasteiger partial charge >= 0.3 is 6.18 Å². The van der Waals surface area contributed by atoms with Gasteiger partial charge in [0.1, 0.15) is 0 Å². The highest BCUT2D eigenvalue weighted by Gasteiger charge is 2.35. The van der Waals surface area contributed by atoms with E-state index >= 15 is 0 Å². The Morgan fingerprint density at radius 3 is 2.77 bits per heavy atom. The minimum atomic E-state index is -4.56. The Labute approximate surface area is 126 Å². The molecule has 0 spiro atoms. The summed E-state index contributed by atoms with van der Waals surface area (Å²) in [5.41, 5.74) is 1.65. The Kier molecular flexibility index (Phi) is 3.57. The van der Waals surface area contributed by atoms with Crippen LogP contribution < -0.4 is 5.32 Å².